The Morgan fingerprint density at radius 1 is 1.15 bits per heavy atom. The SMILES string of the molecule is O=C(O)CN1C[C@H]2CC[C@@H](C1)N(Cc1ccccc1)C2. The standard InChI is InChI=1S/C16H22N2O2/c19-16(20)12-17-8-14-6-7-15(11-17)18(10-14)9-13-4-2-1-3-5-13/h1-5,14-15H,6-12H2,(H,19,20)/t14-,15+/m1/s1. The summed E-state index contributed by atoms with van der Waals surface area (Å²) in [7, 11) is 0. The van der Waals surface area contributed by atoms with Crippen LogP contribution in [0.3, 0.4) is 0 Å². The van der Waals surface area contributed by atoms with Crippen LogP contribution >= 0.6 is 0 Å². The maximum absolute atomic E-state index is 10.9. The van der Waals surface area contributed by atoms with E-state index in [1.54, 1.807) is 0 Å². The van der Waals surface area contributed by atoms with Gasteiger partial charge >= 0.3 is 5.97 Å². The lowest BCUT2D eigenvalue weighted by molar-refractivity contribution is -0.138. The number of carbonyl (C=O) groups is 1. The van der Waals surface area contributed by atoms with E-state index in [-0.39, 0.29) is 6.54 Å². The van der Waals surface area contributed by atoms with E-state index >= 15 is 0 Å². The second-order valence-corrected chi connectivity index (χ2v) is 6.10. The van der Waals surface area contributed by atoms with Crippen LogP contribution in [0.5, 0.6) is 0 Å². The number of benzene rings is 1. The Bertz CT molecular complexity index is 463. The van der Waals surface area contributed by atoms with Crippen molar-refractivity contribution in [2.24, 2.45) is 5.92 Å². The second-order valence-electron chi connectivity index (χ2n) is 6.10. The average molecular weight is 274 g/mol. The molecule has 4 rings (SSSR count). The molecule has 0 radical (unpaired) electrons. The molecule has 4 heteroatoms. The average Bonchev–Trinajstić information content (AvgIpc) is 2.69. The summed E-state index contributed by atoms with van der Waals surface area (Å²) in [5.41, 5.74) is 1.35. The number of nitrogens with zero attached hydrogens (tertiary/aromatic N) is 2. The van der Waals surface area contributed by atoms with Gasteiger partial charge in [0.2, 0.25) is 0 Å². The zero-order valence-corrected chi connectivity index (χ0v) is 11.7. The summed E-state index contributed by atoms with van der Waals surface area (Å²) in [4.78, 5) is 15.6. The van der Waals surface area contributed by atoms with Crippen molar-refractivity contribution in [2.75, 3.05) is 26.2 Å². The van der Waals surface area contributed by atoms with Crippen LogP contribution < -0.4 is 0 Å². The zero-order valence-electron chi connectivity index (χ0n) is 11.7. The molecule has 0 amide bonds. The molecule has 0 saturated carbocycles. The van der Waals surface area contributed by atoms with E-state index in [0.717, 1.165) is 26.2 Å². The van der Waals surface area contributed by atoms with E-state index < -0.39 is 5.97 Å². The van der Waals surface area contributed by atoms with Gasteiger partial charge in [-0.15, -0.1) is 0 Å². The highest BCUT2D eigenvalue weighted by atomic mass is 16.4. The van der Waals surface area contributed by atoms with Gasteiger partial charge < -0.3 is 5.11 Å². The van der Waals surface area contributed by atoms with Crippen molar-refractivity contribution in [1.82, 2.24) is 9.80 Å². The van der Waals surface area contributed by atoms with Crippen LogP contribution in [-0.4, -0.2) is 53.1 Å². The summed E-state index contributed by atoms with van der Waals surface area (Å²) >= 11 is 0. The number of rotatable bonds is 4. The van der Waals surface area contributed by atoms with Crippen LogP contribution in [0.2, 0.25) is 0 Å². The Balaban J connectivity index is 1.67. The molecule has 20 heavy (non-hydrogen) atoms. The van der Waals surface area contributed by atoms with Gasteiger partial charge in [0.25, 0.3) is 0 Å². The van der Waals surface area contributed by atoms with Crippen molar-refractivity contribution in [2.45, 2.75) is 25.4 Å². The van der Waals surface area contributed by atoms with Gasteiger partial charge in [0.15, 0.2) is 0 Å². The van der Waals surface area contributed by atoms with Gasteiger partial charge in [0.1, 0.15) is 0 Å². The summed E-state index contributed by atoms with van der Waals surface area (Å²) in [6, 6.07) is 11.1. The fourth-order valence-electron chi connectivity index (χ4n) is 3.61. The smallest absolute Gasteiger partial charge is 0.317 e. The largest absolute Gasteiger partial charge is 0.480 e. The Morgan fingerprint density at radius 2 is 1.95 bits per heavy atom. The molecule has 3 saturated heterocycles. The number of aliphatic carboxylic acids is 1. The van der Waals surface area contributed by atoms with Crippen molar-refractivity contribution in [3.05, 3.63) is 35.9 Å². The summed E-state index contributed by atoms with van der Waals surface area (Å²) in [6.07, 6.45) is 2.44. The molecule has 2 bridgehead atoms. The van der Waals surface area contributed by atoms with Crippen LogP contribution in [0.1, 0.15) is 18.4 Å². The predicted octanol–water partition coefficient (Wildman–Crippen LogP) is 1.67. The zero-order chi connectivity index (χ0) is 13.9. The van der Waals surface area contributed by atoms with Crippen LogP contribution in [0.25, 0.3) is 0 Å². The number of carboxylic acid groups (broad SMARTS) is 1. The highest BCUT2D eigenvalue weighted by Gasteiger charge is 2.35. The van der Waals surface area contributed by atoms with Crippen LogP contribution in [0, 0.1) is 5.92 Å². The third-order valence-corrected chi connectivity index (χ3v) is 4.49. The minimum atomic E-state index is -0.707. The molecule has 1 aromatic rings. The summed E-state index contributed by atoms with van der Waals surface area (Å²) in [6.45, 7) is 4.12. The van der Waals surface area contributed by atoms with Crippen molar-refractivity contribution in [3.8, 4) is 0 Å². The van der Waals surface area contributed by atoms with E-state index in [2.05, 4.69) is 34.1 Å². The molecular weight excluding hydrogens is 252 g/mol. The molecular formula is C16H22N2O2. The number of hydrogen-bond donors (Lipinski definition) is 1. The second kappa shape index (κ2) is 5.94. The molecule has 2 atom stereocenters. The van der Waals surface area contributed by atoms with Gasteiger partial charge in [-0.3, -0.25) is 14.6 Å². The molecule has 0 aromatic heterocycles. The molecule has 3 fully saturated rings. The molecule has 1 N–H and O–H groups in total. The molecule has 0 unspecified atom stereocenters. The van der Waals surface area contributed by atoms with Crippen molar-refractivity contribution < 1.29 is 9.90 Å². The van der Waals surface area contributed by atoms with Crippen LogP contribution in [0.15, 0.2) is 30.3 Å². The van der Waals surface area contributed by atoms with E-state index in [4.69, 9.17) is 5.11 Å². The Hall–Kier alpha value is -1.39. The van der Waals surface area contributed by atoms with Crippen molar-refractivity contribution in [3.63, 3.8) is 0 Å². The minimum Gasteiger partial charge on any atom is -0.480 e. The Labute approximate surface area is 120 Å². The first kappa shape index (κ1) is 13.6. The summed E-state index contributed by atoms with van der Waals surface area (Å²) < 4.78 is 0. The molecule has 108 valence electrons. The van der Waals surface area contributed by atoms with Crippen LogP contribution in [-0.2, 0) is 11.3 Å². The Kier molecular flexibility index (Phi) is 4.03. The quantitative estimate of drug-likeness (QED) is 0.907. The molecule has 4 nitrogen and oxygen atoms in total. The molecule has 3 aliphatic heterocycles. The maximum atomic E-state index is 10.9. The van der Waals surface area contributed by atoms with Gasteiger partial charge in [-0.05, 0) is 24.3 Å². The Morgan fingerprint density at radius 3 is 2.70 bits per heavy atom. The first-order valence-corrected chi connectivity index (χ1v) is 7.43. The van der Waals surface area contributed by atoms with Crippen LogP contribution in [0.4, 0.5) is 0 Å². The highest BCUT2D eigenvalue weighted by Crippen LogP contribution is 2.29. The number of hydrogen-bond acceptors (Lipinski definition) is 3. The lowest BCUT2D eigenvalue weighted by Crippen LogP contribution is -2.43. The third kappa shape index (κ3) is 3.19. The first-order chi connectivity index (χ1) is 9.70. The van der Waals surface area contributed by atoms with E-state index in [1.807, 2.05) is 6.07 Å². The molecule has 3 aliphatic rings. The molecule has 0 spiro atoms. The maximum Gasteiger partial charge on any atom is 0.317 e. The van der Waals surface area contributed by atoms with E-state index in [0.29, 0.717) is 12.0 Å². The number of piperidine rings is 1. The van der Waals surface area contributed by atoms with Gasteiger partial charge in [-0.25, -0.2) is 0 Å². The van der Waals surface area contributed by atoms with Crippen molar-refractivity contribution in [1.29, 1.82) is 0 Å². The normalized spacial score (nSPS) is 27.4. The number of fused-ring (bicyclic) bond motifs is 4. The topological polar surface area (TPSA) is 43.8 Å². The lowest BCUT2D eigenvalue weighted by Gasteiger charge is -2.36. The van der Waals surface area contributed by atoms with Gasteiger partial charge in [0.05, 0.1) is 6.54 Å². The molecule has 3 heterocycles. The van der Waals surface area contributed by atoms with E-state index in [9.17, 15) is 4.79 Å². The predicted molar refractivity (Wildman–Crippen MR) is 77.4 cm³/mol. The lowest BCUT2D eigenvalue weighted by atomic mass is 9.94. The van der Waals surface area contributed by atoms with Gasteiger partial charge in [-0.1, -0.05) is 30.3 Å². The fourth-order valence-corrected chi connectivity index (χ4v) is 3.61. The highest BCUT2D eigenvalue weighted by molar-refractivity contribution is 5.69. The first-order valence-electron chi connectivity index (χ1n) is 7.43. The molecule has 1 aromatic carbocycles. The van der Waals surface area contributed by atoms with Crippen molar-refractivity contribution >= 4 is 5.97 Å². The minimum absolute atomic E-state index is 0.187. The monoisotopic (exact) mass is 274 g/mol. The number of carboxylic acids is 1. The molecule has 0 aliphatic carbocycles. The van der Waals surface area contributed by atoms with Gasteiger partial charge in [-0.2, -0.15) is 0 Å². The summed E-state index contributed by atoms with van der Waals surface area (Å²) in [5.74, 6) is -0.0854. The van der Waals surface area contributed by atoms with E-state index in [1.165, 1.54) is 18.4 Å². The fraction of sp³-hybridized carbons (Fsp3) is 0.562. The summed E-state index contributed by atoms with van der Waals surface area (Å²) in [5, 5.41) is 9.00. The third-order valence-electron chi connectivity index (χ3n) is 4.49. The van der Waals surface area contributed by atoms with Gasteiger partial charge in [0, 0.05) is 32.2 Å².